The molecule has 10 heteroatoms. The van der Waals surface area contributed by atoms with Crippen molar-refractivity contribution < 1.29 is 14.3 Å². The number of likely N-dealkylation sites (tertiary alicyclic amines) is 1. The van der Waals surface area contributed by atoms with Crippen molar-refractivity contribution in [2.24, 2.45) is 0 Å². The number of carbonyl (C=O) groups excluding carboxylic acids is 1. The normalized spacial score (nSPS) is 21.8. The monoisotopic (exact) mass is 493 g/mol. The first-order valence-electron chi connectivity index (χ1n) is 11.2. The number of nitrogens with one attached hydrogen (secondary N) is 2. The minimum absolute atomic E-state index is 0.0727. The molecule has 2 aliphatic heterocycles. The number of carbonyl (C=O) groups is 1. The Hall–Kier alpha value is -1.97. The van der Waals surface area contributed by atoms with Crippen molar-refractivity contribution in [1.29, 1.82) is 0 Å². The Morgan fingerprint density at radius 2 is 1.97 bits per heavy atom. The second-order valence-corrected chi connectivity index (χ2v) is 9.24. The van der Waals surface area contributed by atoms with Crippen molar-refractivity contribution in [3.63, 3.8) is 0 Å². The van der Waals surface area contributed by atoms with Crippen LogP contribution in [0.15, 0.2) is 24.5 Å². The fourth-order valence-corrected chi connectivity index (χ4v) is 4.64. The molecule has 0 radical (unpaired) electrons. The van der Waals surface area contributed by atoms with Gasteiger partial charge in [0.05, 0.1) is 22.8 Å². The molecule has 1 unspecified atom stereocenters. The summed E-state index contributed by atoms with van der Waals surface area (Å²) < 4.78 is 11.1. The van der Waals surface area contributed by atoms with Crippen LogP contribution in [0.25, 0.3) is 0 Å². The summed E-state index contributed by atoms with van der Waals surface area (Å²) in [6.07, 6.45) is 4.19. The maximum absolute atomic E-state index is 13.2. The van der Waals surface area contributed by atoms with Crippen molar-refractivity contribution in [3.8, 4) is 0 Å². The van der Waals surface area contributed by atoms with Gasteiger partial charge < -0.3 is 25.0 Å². The van der Waals surface area contributed by atoms with Gasteiger partial charge in [0, 0.05) is 50.1 Å². The van der Waals surface area contributed by atoms with E-state index in [1.165, 1.54) is 6.33 Å². The second kappa shape index (κ2) is 11.0. The van der Waals surface area contributed by atoms with E-state index in [-0.39, 0.29) is 18.1 Å². The largest absolute Gasteiger partial charge is 0.379 e. The van der Waals surface area contributed by atoms with E-state index in [4.69, 9.17) is 32.7 Å². The number of anilines is 2. The molecule has 33 heavy (non-hydrogen) atoms. The number of hydrogen-bond acceptors (Lipinski definition) is 7. The quantitative estimate of drug-likeness (QED) is 0.631. The van der Waals surface area contributed by atoms with Crippen molar-refractivity contribution >= 4 is 40.6 Å². The van der Waals surface area contributed by atoms with Crippen LogP contribution >= 0.6 is 23.2 Å². The lowest BCUT2D eigenvalue weighted by atomic mass is 9.99. The summed E-state index contributed by atoms with van der Waals surface area (Å²) in [6.45, 7) is 4.57. The van der Waals surface area contributed by atoms with Gasteiger partial charge in [0.25, 0.3) is 5.91 Å². The highest BCUT2D eigenvalue weighted by atomic mass is 35.5. The molecule has 178 valence electrons. The predicted molar refractivity (Wildman–Crippen MR) is 129 cm³/mol. The first-order chi connectivity index (χ1) is 16.0. The standard InChI is InChI=1S/C23H29Cl2N5O3/c1-14-21(26-13-27-22(14)29-16-3-4-17(24)18(25)11-16)23(31)30-8-5-15(6-9-30)28-19-7-10-33-12-20(19)32-2/h3-4,11,13,15,19-20,28H,5-10,12H2,1-2H3,(H,26,27,29)/t19?,20-/m1/s1. The van der Waals surface area contributed by atoms with Gasteiger partial charge in [-0.15, -0.1) is 0 Å². The zero-order valence-electron chi connectivity index (χ0n) is 18.8. The van der Waals surface area contributed by atoms with E-state index in [1.807, 2.05) is 17.9 Å². The van der Waals surface area contributed by atoms with E-state index >= 15 is 0 Å². The van der Waals surface area contributed by atoms with E-state index in [0.717, 1.165) is 31.6 Å². The first-order valence-corrected chi connectivity index (χ1v) is 11.9. The number of rotatable bonds is 6. The summed E-state index contributed by atoms with van der Waals surface area (Å²) >= 11 is 12.1. The Balaban J connectivity index is 1.37. The van der Waals surface area contributed by atoms with Crippen molar-refractivity contribution in [2.75, 3.05) is 38.7 Å². The van der Waals surface area contributed by atoms with Crippen molar-refractivity contribution in [2.45, 2.75) is 44.4 Å². The average molecular weight is 494 g/mol. The molecule has 0 aliphatic carbocycles. The van der Waals surface area contributed by atoms with Gasteiger partial charge in [-0.3, -0.25) is 4.79 Å². The molecule has 0 bridgehead atoms. The molecule has 2 saturated heterocycles. The molecule has 0 spiro atoms. The Morgan fingerprint density at radius 3 is 2.70 bits per heavy atom. The maximum Gasteiger partial charge on any atom is 0.272 e. The van der Waals surface area contributed by atoms with Gasteiger partial charge in [0.15, 0.2) is 0 Å². The van der Waals surface area contributed by atoms with Gasteiger partial charge in [0.2, 0.25) is 0 Å². The van der Waals surface area contributed by atoms with Gasteiger partial charge >= 0.3 is 0 Å². The summed E-state index contributed by atoms with van der Waals surface area (Å²) in [6, 6.07) is 5.88. The van der Waals surface area contributed by atoms with E-state index in [0.29, 0.717) is 52.9 Å². The number of methoxy groups -OCH3 is 1. The zero-order valence-corrected chi connectivity index (χ0v) is 20.3. The van der Waals surface area contributed by atoms with Crippen LogP contribution in [0.3, 0.4) is 0 Å². The molecule has 3 heterocycles. The molecule has 2 atom stereocenters. The fraction of sp³-hybridized carbons (Fsp3) is 0.522. The molecular weight excluding hydrogens is 465 g/mol. The third-order valence-electron chi connectivity index (χ3n) is 6.31. The summed E-state index contributed by atoms with van der Waals surface area (Å²) in [4.78, 5) is 23.7. The zero-order chi connectivity index (χ0) is 23.4. The van der Waals surface area contributed by atoms with Gasteiger partial charge in [-0.05, 0) is 44.4 Å². The van der Waals surface area contributed by atoms with Gasteiger partial charge in [-0.1, -0.05) is 23.2 Å². The lowest BCUT2D eigenvalue weighted by Crippen LogP contribution is -2.54. The minimum atomic E-state index is -0.0774. The summed E-state index contributed by atoms with van der Waals surface area (Å²) in [5.41, 5.74) is 1.83. The third-order valence-corrected chi connectivity index (χ3v) is 7.05. The molecule has 0 saturated carbocycles. The smallest absolute Gasteiger partial charge is 0.272 e. The van der Waals surface area contributed by atoms with Crippen LogP contribution in [0.1, 0.15) is 35.3 Å². The molecule has 4 rings (SSSR count). The fourth-order valence-electron chi connectivity index (χ4n) is 4.34. The van der Waals surface area contributed by atoms with Crippen LogP contribution in [0.2, 0.25) is 10.0 Å². The number of halogens is 2. The van der Waals surface area contributed by atoms with Crippen LogP contribution < -0.4 is 10.6 Å². The number of amides is 1. The van der Waals surface area contributed by atoms with Crippen LogP contribution in [-0.2, 0) is 9.47 Å². The predicted octanol–water partition coefficient (Wildman–Crippen LogP) is 3.83. The van der Waals surface area contributed by atoms with Gasteiger partial charge in [0.1, 0.15) is 17.8 Å². The van der Waals surface area contributed by atoms with Crippen molar-refractivity contribution in [3.05, 3.63) is 45.8 Å². The van der Waals surface area contributed by atoms with Crippen LogP contribution in [-0.4, -0.2) is 72.4 Å². The number of aromatic nitrogens is 2. The highest BCUT2D eigenvalue weighted by Crippen LogP contribution is 2.28. The molecule has 8 nitrogen and oxygen atoms in total. The number of hydrogen-bond donors (Lipinski definition) is 2. The molecule has 1 aromatic heterocycles. The van der Waals surface area contributed by atoms with E-state index in [1.54, 1.807) is 19.2 Å². The average Bonchev–Trinajstić information content (AvgIpc) is 2.83. The lowest BCUT2D eigenvalue weighted by Gasteiger charge is -2.38. The highest BCUT2D eigenvalue weighted by molar-refractivity contribution is 6.42. The van der Waals surface area contributed by atoms with Crippen molar-refractivity contribution in [1.82, 2.24) is 20.2 Å². The Labute approximate surface area is 204 Å². The number of ether oxygens (including phenoxy) is 2. The summed E-state index contributed by atoms with van der Waals surface area (Å²) in [5, 5.41) is 7.84. The lowest BCUT2D eigenvalue weighted by molar-refractivity contribution is -0.0533. The second-order valence-electron chi connectivity index (χ2n) is 8.43. The molecule has 1 aromatic carbocycles. The molecule has 2 aromatic rings. The first kappa shape index (κ1) is 24.2. The number of nitrogens with zero attached hydrogens (tertiary/aromatic N) is 3. The van der Waals surface area contributed by atoms with Crippen LogP contribution in [0.5, 0.6) is 0 Å². The van der Waals surface area contributed by atoms with Crippen LogP contribution in [0.4, 0.5) is 11.5 Å². The van der Waals surface area contributed by atoms with Gasteiger partial charge in [-0.25, -0.2) is 9.97 Å². The molecule has 2 N–H and O–H groups in total. The molecule has 1 amide bonds. The third kappa shape index (κ3) is 5.75. The molecular formula is C23H29Cl2N5O3. The Bertz CT molecular complexity index is 985. The Morgan fingerprint density at radius 1 is 1.18 bits per heavy atom. The SMILES string of the molecule is CO[C@@H]1COCCC1NC1CCN(C(=O)c2ncnc(Nc3ccc(Cl)c(Cl)c3)c2C)CC1. The minimum Gasteiger partial charge on any atom is -0.379 e. The Kier molecular flexibility index (Phi) is 8.03. The van der Waals surface area contributed by atoms with Gasteiger partial charge in [-0.2, -0.15) is 0 Å². The summed E-state index contributed by atoms with van der Waals surface area (Å²) in [7, 11) is 1.73. The molecule has 2 fully saturated rings. The maximum atomic E-state index is 13.2. The topological polar surface area (TPSA) is 88.6 Å². The van der Waals surface area contributed by atoms with E-state index < -0.39 is 0 Å². The number of piperidine rings is 1. The summed E-state index contributed by atoms with van der Waals surface area (Å²) in [5.74, 6) is 0.486. The number of benzene rings is 1. The van der Waals surface area contributed by atoms with E-state index in [2.05, 4.69) is 20.6 Å². The van der Waals surface area contributed by atoms with Crippen LogP contribution in [0, 0.1) is 6.92 Å². The van der Waals surface area contributed by atoms with E-state index in [9.17, 15) is 4.79 Å². The molecule has 2 aliphatic rings. The highest BCUT2D eigenvalue weighted by Gasteiger charge is 2.31.